The standard InChI is InChI=1S/C35H40ClFN2O4/c1-24(43-34(2,3)4)39-22-32(33(40)38-17-15-35(5,16-18-38)21-25-11-13-27(37)14-12-25)42-31-20-30(28(36)19-29(31)39)41-23-26-9-7-6-8-10-26/h6-14,19-20,32H,1,15-18,21-23H2,2-5H3. The maximum atomic E-state index is 13.9. The molecule has 0 bridgehead atoms. The van der Waals surface area contributed by atoms with Gasteiger partial charge in [-0.25, -0.2) is 4.39 Å². The lowest BCUT2D eigenvalue weighted by Gasteiger charge is -2.43. The van der Waals surface area contributed by atoms with Gasteiger partial charge in [-0.2, -0.15) is 0 Å². The first kappa shape index (κ1) is 30.7. The van der Waals surface area contributed by atoms with Gasteiger partial charge in [0.2, 0.25) is 0 Å². The number of likely N-dealkylation sites (tertiary alicyclic amines) is 1. The third-order valence-corrected chi connectivity index (χ3v) is 8.28. The summed E-state index contributed by atoms with van der Waals surface area (Å²) in [4.78, 5) is 17.6. The van der Waals surface area contributed by atoms with Crippen LogP contribution in [-0.2, 0) is 22.6 Å². The number of hydrogen-bond donors (Lipinski definition) is 0. The van der Waals surface area contributed by atoms with Crippen molar-refractivity contribution < 1.29 is 23.4 Å². The second-order valence-corrected chi connectivity index (χ2v) is 13.2. The molecule has 0 N–H and O–H groups in total. The predicted molar refractivity (Wildman–Crippen MR) is 168 cm³/mol. The summed E-state index contributed by atoms with van der Waals surface area (Å²) < 4.78 is 31.9. The van der Waals surface area contributed by atoms with Gasteiger partial charge in [0.25, 0.3) is 5.91 Å². The number of amides is 1. The van der Waals surface area contributed by atoms with Crippen LogP contribution < -0.4 is 14.4 Å². The van der Waals surface area contributed by atoms with Gasteiger partial charge in [0.15, 0.2) is 12.0 Å². The number of rotatable bonds is 8. The van der Waals surface area contributed by atoms with Crippen LogP contribution in [0.1, 0.15) is 51.7 Å². The van der Waals surface area contributed by atoms with Crippen molar-refractivity contribution in [1.29, 1.82) is 0 Å². The van der Waals surface area contributed by atoms with Crippen LogP contribution in [0.4, 0.5) is 10.1 Å². The van der Waals surface area contributed by atoms with Crippen LogP contribution in [-0.4, -0.2) is 42.1 Å². The summed E-state index contributed by atoms with van der Waals surface area (Å²) in [7, 11) is 0. The van der Waals surface area contributed by atoms with E-state index < -0.39 is 11.7 Å². The molecule has 2 heterocycles. The fourth-order valence-corrected chi connectivity index (χ4v) is 5.86. The molecular formula is C35H40ClFN2O4. The summed E-state index contributed by atoms with van der Waals surface area (Å²) in [5.74, 6) is 1.05. The molecule has 0 aromatic heterocycles. The highest BCUT2D eigenvalue weighted by Gasteiger charge is 2.39. The van der Waals surface area contributed by atoms with Gasteiger partial charge in [0, 0.05) is 19.2 Å². The molecule has 1 atom stereocenters. The van der Waals surface area contributed by atoms with Gasteiger partial charge in [0.05, 0.1) is 17.3 Å². The molecule has 1 saturated heterocycles. The Labute approximate surface area is 259 Å². The van der Waals surface area contributed by atoms with Gasteiger partial charge in [-0.15, -0.1) is 0 Å². The van der Waals surface area contributed by atoms with E-state index in [9.17, 15) is 9.18 Å². The fraction of sp³-hybridized carbons (Fsp3) is 0.400. The Morgan fingerprint density at radius 1 is 1.07 bits per heavy atom. The zero-order valence-corrected chi connectivity index (χ0v) is 26.1. The smallest absolute Gasteiger partial charge is 0.265 e. The number of carbonyl (C=O) groups excluding carboxylic acids is 1. The molecule has 1 fully saturated rings. The molecule has 0 aliphatic carbocycles. The van der Waals surface area contributed by atoms with Crippen LogP contribution in [0.3, 0.4) is 0 Å². The Hall–Kier alpha value is -3.71. The molecule has 1 amide bonds. The third kappa shape index (κ3) is 7.63. The number of benzene rings is 3. The molecule has 3 aromatic rings. The summed E-state index contributed by atoms with van der Waals surface area (Å²) in [6.45, 7) is 14.1. The number of piperidine rings is 1. The van der Waals surface area contributed by atoms with Gasteiger partial charge in [-0.3, -0.25) is 4.79 Å². The number of carbonyl (C=O) groups is 1. The van der Waals surface area contributed by atoms with Crippen LogP contribution >= 0.6 is 11.6 Å². The highest BCUT2D eigenvalue weighted by molar-refractivity contribution is 6.32. The first-order chi connectivity index (χ1) is 20.4. The molecule has 43 heavy (non-hydrogen) atoms. The molecular weight excluding hydrogens is 567 g/mol. The minimum absolute atomic E-state index is 0.0250. The van der Waals surface area contributed by atoms with E-state index in [4.69, 9.17) is 25.8 Å². The molecule has 5 rings (SSSR count). The van der Waals surface area contributed by atoms with Crippen molar-refractivity contribution in [3.05, 3.63) is 101 Å². The molecule has 2 aliphatic rings. The lowest BCUT2D eigenvalue weighted by atomic mass is 9.75. The monoisotopic (exact) mass is 606 g/mol. The van der Waals surface area contributed by atoms with E-state index in [1.807, 2.05) is 73.0 Å². The van der Waals surface area contributed by atoms with Crippen molar-refractivity contribution in [2.75, 3.05) is 24.5 Å². The highest BCUT2D eigenvalue weighted by Crippen LogP contribution is 2.44. The molecule has 2 aliphatic heterocycles. The number of nitrogens with zero attached hydrogens (tertiary/aromatic N) is 2. The van der Waals surface area contributed by atoms with Crippen LogP contribution in [0.5, 0.6) is 11.5 Å². The Morgan fingerprint density at radius 2 is 1.74 bits per heavy atom. The first-order valence-corrected chi connectivity index (χ1v) is 15.1. The van der Waals surface area contributed by atoms with Crippen LogP contribution in [0, 0.1) is 11.2 Å². The molecule has 228 valence electrons. The van der Waals surface area contributed by atoms with E-state index in [0.29, 0.717) is 47.8 Å². The van der Waals surface area contributed by atoms with E-state index in [0.717, 1.165) is 30.4 Å². The Balaban J connectivity index is 1.33. The number of ether oxygens (including phenoxy) is 3. The predicted octanol–water partition coefficient (Wildman–Crippen LogP) is 7.78. The fourth-order valence-electron chi connectivity index (χ4n) is 5.65. The molecule has 0 radical (unpaired) electrons. The topological polar surface area (TPSA) is 51.2 Å². The van der Waals surface area contributed by atoms with Crippen molar-refractivity contribution in [2.24, 2.45) is 5.41 Å². The average molecular weight is 607 g/mol. The molecule has 6 nitrogen and oxygen atoms in total. The maximum Gasteiger partial charge on any atom is 0.265 e. The van der Waals surface area contributed by atoms with Crippen molar-refractivity contribution in [1.82, 2.24) is 4.90 Å². The van der Waals surface area contributed by atoms with Gasteiger partial charge < -0.3 is 24.0 Å². The largest absolute Gasteiger partial charge is 0.487 e. The molecule has 0 spiro atoms. The molecule has 0 saturated carbocycles. The Morgan fingerprint density at radius 3 is 2.40 bits per heavy atom. The summed E-state index contributed by atoms with van der Waals surface area (Å²) in [6, 6.07) is 20.0. The van der Waals surface area contributed by atoms with E-state index >= 15 is 0 Å². The van der Waals surface area contributed by atoms with Crippen molar-refractivity contribution in [3.8, 4) is 11.5 Å². The summed E-state index contributed by atoms with van der Waals surface area (Å²) >= 11 is 6.67. The van der Waals surface area contributed by atoms with Gasteiger partial charge >= 0.3 is 0 Å². The second kappa shape index (κ2) is 12.5. The molecule has 1 unspecified atom stereocenters. The lowest BCUT2D eigenvalue weighted by molar-refractivity contribution is -0.140. The Kier molecular flexibility index (Phi) is 8.93. The quantitative estimate of drug-likeness (QED) is 0.245. The van der Waals surface area contributed by atoms with E-state index in [-0.39, 0.29) is 23.7 Å². The number of fused-ring (bicyclic) bond motifs is 1. The summed E-state index contributed by atoms with van der Waals surface area (Å²) in [6.07, 6.45) is 1.76. The zero-order chi connectivity index (χ0) is 30.8. The second-order valence-electron chi connectivity index (χ2n) is 12.8. The zero-order valence-electron chi connectivity index (χ0n) is 25.4. The average Bonchev–Trinajstić information content (AvgIpc) is 2.96. The van der Waals surface area contributed by atoms with E-state index in [2.05, 4.69) is 13.5 Å². The normalized spacial score (nSPS) is 18.0. The molecule has 3 aromatic carbocycles. The van der Waals surface area contributed by atoms with E-state index in [1.54, 1.807) is 12.1 Å². The number of hydrogen-bond acceptors (Lipinski definition) is 5. The van der Waals surface area contributed by atoms with Crippen molar-refractivity contribution >= 4 is 23.2 Å². The highest BCUT2D eigenvalue weighted by atomic mass is 35.5. The van der Waals surface area contributed by atoms with Crippen LogP contribution in [0.2, 0.25) is 5.02 Å². The molecule has 8 heteroatoms. The number of anilines is 1. The van der Waals surface area contributed by atoms with E-state index in [1.165, 1.54) is 12.1 Å². The van der Waals surface area contributed by atoms with Crippen molar-refractivity contribution in [2.45, 2.75) is 65.3 Å². The first-order valence-electron chi connectivity index (χ1n) is 14.7. The summed E-state index contributed by atoms with van der Waals surface area (Å²) in [5, 5.41) is 0.424. The third-order valence-electron chi connectivity index (χ3n) is 7.99. The van der Waals surface area contributed by atoms with Gasteiger partial charge in [-0.05, 0) is 81.4 Å². The maximum absolute atomic E-state index is 13.9. The summed E-state index contributed by atoms with van der Waals surface area (Å²) in [5.41, 5.74) is 2.32. The van der Waals surface area contributed by atoms with Gasteiger partial charge in [0.1, 0.15) is 29.5 Å². The number of halogens is 2. The lowest BCUT2D eigenvalue weighted by Crippen LogP contribution is -2.53. The minimum atomic E-state index is -0.766. The minimum Gasteiger partial charge on any atom is -0.487 e. The van der Waals surface area contributed by atoms with Gasteiger partial charge in [-0.1, -0.05) is 61.0 Å². The van der Waals surface area contributed by atoms with Crippen molar-refractivity contribution in [3.63, 3.8) is 0 Å². The van der Waals surface area contributed by atoms with Crippen LogP contribution in [0.15, 0.2) is 79.2 Å². The van der Waals surface area contributed by atoms with Crippen LogP contribution in [0.25, 0.3) is 0 Å². The SMILES string of the molecule is C=C(OC(C)(C)C)N1CC(C(=O)N2CCC(C)(Cc3ccc(F)cc3)CC2)Oc2cc(OCc3ccccc3)c(Cl)cc21. The Bertz CT molecular complexity index is 1450.